The predicted octanol–water partition coefficient (Wildman–Crippen LogP) is 6.45. The number of carbonyl (C=O) groups is 1. The monoisotopic (exact) mass is 392 g/mol. The van der Waals surface area contributed by atoms with Crippen LogP contribution in [0.5, 0.6) is 5.75 Å². The van der Waals surface area contributed by atoms with Gasteiger partial charge in [-0.3, -0.25) is 4.79 Å². The fourth-order valence-corrected chi connectivity index (χ4v) is 3.12. The van der Waals surface area contributed by atoms with Gasteiger partial charge in [0.05, 0.1) is 5.56 Å². The summed E-state index contributed by atoms with van der Waals surface area (Å²) < 4.78 is 43.6. The predicted molar refractivity (Wildman–Crippen MR) is 104 cm³/mol. The second-order valence-corrected chi connectivity index (χ2v) is 8.47. The van der Waals surface area contributed by atoms with Gasteiger partial charge in [0, 0.05) is 12.8 Å². The third-order valence-corrected chi connectivity index (χ3v) is 4.46. The molecule has 0 radical (unpaired) electrons. The fourth-order valence-electron chi connectivity index (χ4n) is 3.12. The lowest BCUT2D eigenvalue weighted by Gasteiger charge is -2.18. The molecular formula is C23H27F3O2. The Morgan fingerprint density at radius 2 is 1.50 bits per heavy atom. The Morgan fingerprint density at radius 1 is 0.964 bits per heavy atom. The van der Waals surface area contributed by atoms with Crippen LogP contribution in [0.2, 0.25) is 0 Å². The highest BCUT2D eigenvalue weighted by molar-refractivity contribution is 5.82. The van der Waals surface area contributed by atoms with Gasteiger partial charge in [-0.05, 0) is 65.8 Å². The average molecular weight is 392 g/mol. The molecule has 0 amide bonds. The normalized spacial score (nSPS) is 12.1. The summed E-state index contributed by atoms with van der Waals surface area (Å²) in [6.45, 7) is 10.2. The first-order valence-corrected chi connectivity index (χ1v) is 9.26. The van der Waals surface area contributed by atoms with Gasteiger partial charge in [-0.1, -0.05) is 32.9 Å². The van der Waals surface area contributed by atoms with Crippen LogP contribution in [0.25, 0.3) is 0 Å². The summed E-state index contributed by atoms with van der Waals surface area (Å²) in [5.74, 6) is 0.846. The van der Waals surface area contributed by atoms with Crippen molar-refractivity contribution in [3.63, 3.8) is 0 Å². The van der Waals surface area contributed by atoms with Crippen LogP contribution < -0.4 is 4.74 Å². The van der Waals surface area contributed by atoms with Crippen LogP contribution >= 0.6 is 0 Å². The lowest BCUT2D eigenvalue weighted by Crippen LogP contribution is -2.15. The molecule has 2 nitrogen and oxygen atoms in total. The topological polar surface area (TPSA) is 26.3 Å². The molecule has 0 saturated heterocycles. The molecule has 152 valence electrons. The van der Waals surface area contributed by atoms with E-state index in [4.69, 9.17) is 4.74 Å². The van der Waals surface area contributed by atoms with E-state index in [0.717, 1.165) is 28.8 Å². The van der Waals surface area contributed by atoms with Crippen molar-refractivity contribution in [1.82, 2.24) is 0 Å². The lowest BCUT2D eigenvalue weighted by atomic mass is 9.87. The summed E-state index contributed by atoms with van der Waals surface area (Å²) in [6, 6.07) is 8.69. The highest BCUT2D eigenvalue weighted by Crippen LogP contribution is 2.30. The summed E-state index contributed by atoms with van der Waals surface area (Å²) in [7, 11) is 0. The van der Waals surface area contributed by atoms with Crippen molar-refractivity contribution < 1.29 is 22.7 Å². The van der Waals surface area contributed by atoms with E-state index in [-0.39, 0.29) is 17.8 Å². The van der Waals surface area contributed by atoms with E-state index in [0.29, 0.717) is 24.2 Å². The SMILES string of the molecule is Cc1cc(OCc2ccc(C(F)(F)F)cc2)cc(C)c1CC(=O)CC(C)(C)C. The van der Waals surface area contributed by atoms with Crippen LogP contribution in [-0.4, -0.2) is 5.78 Å². The van der Waals surface area contributed by atoms with E-state index in [1.165, 1.54) is 12.1 Å². The van der Waals surface area contributed by atoms with Gasteiger partial charge in [-0.25, -0.2) is 0 Å². The Hall–Kier alpha value is -2.30. The highest BCUT2D eigenvalue weighted by Gasteiger charge is 2.29. The van der Waals surface area contributed by atoms with Gasteiger partial charge in [0.25, 0.3) is 0 Å². The van der Waals surface area contributed by atoms with Crippen molar-refractivity contribution in [2.75, 3.05) is 0 Å². The quantitative estimate of drug-likeness (QED) is 0.565. The highest BCUT2D eigenvalue weighted by atomic mass is 19.4. The zero-order valence-electron chi connectivity index (χ0n) is 17.0. The van der Waals surface area contributed by atoms with Crippen molar-refractivity contribution in [3.8, 4) is 5.75 Å². The molecular weight excluding hydrogens is 365 g/mol. The van der Waals surface area contributed by atoms with Gasteiger partial charge in [0.2, 0.25) is 0 Å². The number of Topliss-reactive ketones (excluding diaryl/α,β-unsaturated/α-hetero) is 1. The number of alkyl halides is 3. The number of halogens is 3. The van der Waals surface area contributed by atoms with Gasteiger partial charge in [0.1, 0.15) is 18.1 Å². The summed E-state index contributed by atoms with van der Waals surface area (Å²) in [4.78, 5) is 12.3. The molecule has 0 spiro atoms. The molecule has 28 heavy (non-hydrogen) atoms. The Labute approximate surface area is 164 Å². The summed E-state index contributed by atoms with van der Waals surface area (Å²) >= 11 is 0. The molecule has 0 aliphatic heterocycles. The maximum atomic E-state index is 12.6. The molecule has 0 saturated carbocycles. The van der Waals surface area contributed by atoms with E-state index in [9.17, 15) is 18.0 Å². The Bertz CT molecular complexity index is 805. The Morgan fingerprint density at radius 3 is 1.96 bits per heavy atom. The van der Waals surface area contributed by atoms with Crippen LogP contribution in [0.1, 0.15) is 55.0 Å². The lowest BCUT2D eigenvalue weighted by molar-refractivity contribution is -0.137. The van der Waals surface area contributed by atoms with Crippen LogP contribution in [0.15, 0.2) is 36.4 Å². The third-order valence-electron chi connectivity index (χ3n) is 4.46. The van der Waals surface area contributed by atoms with Gasteiger partial charge >= 0.3 is 6.18 Å². The maximum absolute atomic E-state index is 12.6. The molecule has 2 aromatic rings. The number of aryl methyl sites for hydroxylation is 2. The van der Waals surface area contributed by atoms with Gasteiger partial charge in [-0.15, -0.1) is 0 Å². The van der Waals surface area contributed by atoms with Gasteiger partial charge in [-0.2, -0.15) is 13.2 Å². The van der Waals surface area contributed by atoms with Crippen molar-refractivity contribution in [2.45, 2.75) is 60.2 Å². The smallest absolute Gasteiger partial charge is 0.416 e. The molecule has 5 heteroatoms. The minimum Gasteiger partial charge on any atom is -0.489 e. The maximum Gasteiger partial charge on any atom is 0.416 e. The zero-order chi connectivity index (χ0) is 21.1. The minimum absolute atomic E-state index is 0.0381. The van der Waals surface area contributed by atoms with Crippen molar-refractivity contribution in [2.24, 2.45) is 5.41 Å². The van der Waals surface area contributed by atoms with Gasteiger partial charge < -0.3 is 4.74 Å². The molecule has 0 N–H and O–H groups in total. The number of hydrogen-bond acceptors (Lipinski definition) is 2. The second-order valence-electron chi connectivity index (χ2n) is 8.47. The number of ether oxygens (including phenoxy) is 1. The molecule has 0 atom stereocenters. The van der Waals surface area contributed by atoms with Crippen molar-refractivity contribution >= 4 is 5.78 Å². The molecule has 0 fully saturated rings. The molecule has 0 bridgehead atoms. The number of benzene rings is 2. The Balaban J connectivity index is 2.05. The second kappa shape index (κ2) is 8.38. The van der Waals surface area contributed by atoms with E-state index < -0.39 is 11.7 Å². The Kier molecular flexibility index (Phi) is 6.58. The first kappa shape index (κ1) is 22.0. The minimum atomic E-state index is -4.34. The molecule has 0 unspecified atom stereocenters. The fraction of sp³-hybridized carbons (Fsp3) is 0.435. The molecule has 0 aromatic heterocycles. The standard InChI is InChI=1S/C23H27F3O2/c1-15-10-20(11-16(2)21(15)12-19(27)13-22(3,4)5)28-14-17-6-8-18(9-7-17)23(24,25)26/h6-11H,12-14H2,1-5H3. The first-order valence-electron chi connectivity index (χ1n) is 9.26. The van der Waals surface area contributed by atoms with E-state index in [1.807, 2.05) is 46.8 Å². The summed E-state index contributed by atoms with van der Waals surface area (Å²) in [5.41, 5.74) is 2.91. The zero-order valence-corrected chi connectivity index (χ0v) is 17.0. The van der Waals surface area contributed by atoms with Crippen LogP contribution in [0, 0.1) is 19.3 Å². The number of hydrogen-bond donors (Lipinski definition) is 0. The number of ketones is 1. The van der Waals surface area contributed by atoms with Crippen LogP contribution in [0.4, 0.5) is 13.2 Å². The van der Waals surface area contributed by atoms with Crippen molar-refractivity contribution in [3.05, 3.63) is 64.2 Å². The average Bonchev–Trinajstić information content (AvgIpc) is 2.54. The number of rotatable bonds is 6. The number of carbonyl (C=O) groups excluding carboxylic acids is 1. The summed E-state index contributed by atoms with van der Waals surface area (Å²) in [5, 5.41) is 0. The molecule has 0 aliphatic carbocycles. The molecule has 2 aromatic carbocycles. The van der Waals surface area contributed by atoms with Gasteiger partial charge in [0.15, 0.2) is 0 Å². The molecule has 0 heterocycles. The van der Waals surface area contributed by atoms with Crippen LogP contribution in [0.3, 0.4) is 0 Å². The van der Waals surface area contributed by atoms with E-state index >= 15 is 0 Å². The molecule has 0 aliphatic rings. The third kappa shape index (κ3) is 6.39. The van der Waals surface area contributed by atoms with E-state index in [2.05, 4.69) is 0 Å². The first-order chi connectivity index (χ1) is 12.8. The largest absolute Gasteiger partial charge is 0.489 e. The summed E-state index contributed by atoms with van der Waals surface area (Å²) in [6.07, 6.45) is -3.42. The van der Waals surface area contributed by atoms with E-state index in [1.54, 1.807) is 0 Å². The van der Waals surface area contributed by atoms with Crippen LogP contribution in [-0.2, 0) is 24.0 Å². The molecule has 2 rings (SSSR count). The van der Waals surface area contributed by atoms with Crippen molar-refractivity contribution in [1.29, 1.82) is 0 Å².